The summed E-state index contributed by atoms with van der Waals surface area (Å²) in [5.74, 6) is 1.59. The summed E-state index contributed by atoms with van der Waals surface area (Å²) in [6, 6.07) is 8.23. The largest absolute Gasteiger partial charge is 0.465 e. The lowest BCUT2D eigenvalue weighted by molar-refractivity contribution is -0.180. The number of nitrogen functional groups attached to an aromatic ring is 1. The van der Waals surface area contributed by atoms with E-state index in [2.05, 4.69) is 77.7 Å². The smallest absolute Gasteiger partial charge is 0.312 e. The van der Waals surface area contributed by atoms with Gasteiger partial charge in [-0.25, -0.2) is 0 Å². The van der Waals surface area contributed by atoms with E-state index in [1.807, 2.05) is 12.1 Å². The Hall–Kier alpha value is -2.89. The standard InChI is InChI=1S/C42H59N3O3/c1-9-10-21-48-36(47)42-19-17-37(2,3)24-30(42)33-28(27-14-12-11-13-26(27)25-46)22-32-39(6)23-29-34(44-45-35(29)43)38(4,5)31(39)15-16-40(32,7)41(33,8)18-20-42/h11-14,25,30-32H,9-10,15-24H2,1-8H3,(H3,43,44,45)/t30-,31-,32?,39-,40+,41+,42-/m0/s1. The Kier molecular flexibility index (Phi) is 7.74. The molecule has 3 N–H and O–H groups in total. The molecule has 3 saturated carbocycles. The average Bonchev–Trinajstić information content (AvgIpc) is 3.41. The van der Waals surface area contributed by atoms with Crippen LogP contribution in [0.1, 0.15) is 147 Å². The lowest BCUT2D eigenvalue weighted by atomic mass is 9.32. The molecule has 3 fully saturated rings. The summed E-state index contributed by atoms with van der Waals surface area (Å²) in [6.07, 6.45) is 11.8. The van der Waals surface area contributed by atoms with Crippen molar-refractivity contribution >= 4 is 23.6 Å². The summed E-state index contributed by atoms with van der Waals surface area (Å²) >= 11 is 0. The number of aldehydes is 1. The molecule has 0 saturated heterocycles. The molecular formula is C42H59N3O3. The molecule has 1 aromatic heterocycles. The molecule has 6 nitrogen and oxygen atoms in total. The van der Waals surface area contributed by atoms with Gasteiger partial charge in [0, 0.05) is 22.2 Å². The third-order valence-corrected chi connectivity index (χ3v) is 15.5. The van der Waals surface area contributed by atoms with Crippen LogP contribution in [0.5, 0.6) is 0 Å². The Bertz CT molecular complexity index is 1670. The first-order chi connectivity index (χ1) is 22.6. The van der Waals surface area contributed by atoms with E-state index in [-0.39, 0.29) is 39.0 Å². The molecule has 0 amide bonds. The van der Waals surface area contributed by atoms with Gasteiger partial charge in [0.05, 0.1) is 12.0 Å². The van der Waals surface area contributed by atoms with Gasteiger partial charge in [-0.05, 0) is 115 Å². The maximum absolute atomic E-state index is 14.5. The van der Waals surface area contributed by atoms with E-state index < -0.39 is 5.41 Å². The molecule has 48 heavy (non-hydrogen) atoms. The predicted octanol–water partition coefficient (Wildman–Crippen LogP) is 9.49. The summed E-state index contributed by atoms with van der Waals surface area (Å²) in [5, 5.41) is 7.89. The van der Waals surface area contributed by atoms with Crippen molar-refractivity contribution in [3.63, 3.8) is 0 Å². The summed E-state index contributed by atoms with van der Waals surface area (Å²) in [4.78, 5) is 27.2. The number of aromatic nitrogens is 2. The van der Waals surface area contributed by atoms with Crippen LogP contribution < -0.4 is 5.73 Å². The van der Waals surface area contributed by atoms with E-state index in [9.17, 15) is 9.59 Å². The first kappa shape index (κ1) is 33.6. The number of carbonyl (C=O) groups excluding carboxylic acids is 2. The maximum atomic E-state index is 14.5. The highest BCUT2D eigenvalue weighted by Crippen LogP contribution is 2.77. The van der Waals surface area contributed by atoms with Gasteiger partial charge in [0.15, 0.2) is 6.29 Å². The van der Waals surface area contributed by atoms with Crippen LogP contribution in [0.3, 0.4) is 0 Å². The minimum atomic E-state index is -0.517. The van der Waals surface area contributed by atoms with Crippen molar-refractivity contribution in [2.45, 2.75) is 131 Å². The van der Waals surface area contributed by atoms with Crippen molar-refractivity contribution in [3.8, 4) is 0 Å². The quantitative estimate of drug-likeness (QED) is 0.184. The minimum Gasteiger partial charge on any atom is -0.465 e. The number of nitrogens with one attached hydrogen (secondary N) is 1. The number of allylic oxidation sites excluding steroid dienone is 2. The van der Waals surface area contributed by atoms with E-state index >= 15 is 0 Å². The molecule has 0 spiro atoms. The van der Waals surface area contributed by atoms with E-state index in [0.29, 0.717) is 24.3 Å². The van der Waals surface area contributed by atoms with Crippen LogP contribution in [0.25, 0.3) is 5.57 Å². The van der Waals surface area contributed by atoms with Gasteiger partial charge in [-0.15, -0.1) is 0 Å². The zero-order valence-corrected chi connectivity index (χ0v) is 30.9. The summed E-state index contributed by atoms with van der Waals surface area (Å²) in [7, 11) is 0. The first-order valence-electron chi connectivity index (χ1n) is 18.9. The SMILES string of the molecule is CCCCOC(=O)[C@]12CCC(C)(C)C[C@H]1C1=C(c3ccccc3C=O)CC3[C@@]4(C)Cc5c(N)n[nH]c5C(C)(C)[C@@H]4CC[C@@]3(C)[C@]1(C)CC2. The zero-order valence-electron chi connectivity index (χ0n) is 30.9. The molecule has 0 radical (unpaired) electrons. The van der Waals surface area contributed by atoms with E-state index in [1.54, 1.807) is 0 Å². The number of benzene rings is 1. The van der Waals surface area contributed by atoms with E-state index in [4.69, 9.17) is 10.5 Å². The third kappa shape index (κ3) is 4.45. The number of unbranched alkanes of at least 4 members (excludes halogenated alkanes) is 1. The number of esters is 1. The zero-order chi connectivity index (χ0) is 34.5. The molecule has 7 atom stereocenters. The second-order valence-corrected chi connectivity index (χ2v) is 18.6. The average molecular weight is 654 g/mol. The topological polar surface area (TPSA) is 98.1 Å². The fourth-order valence-electron chi connectivity index (χ4n) is 12.8. The van der Waals surface area contributed by atoms with Gasteiger partial charge in [-0.2, -0.15) is 5.10 Å². The summed E-state index contributed by atoms with van der Waals surface area (Å²) in [6.45, 7) is 19.9. The van der Waals surface area contributed by atoms with Gasteiger partial charge >= 0.3 is 5.97 Å². The lowest BCUT2D eigenvalue weighted by Crippen LogP contribution is -2.65. The van der Waals surface area contributed by atoms with Crippen molar-refractivity contribution < 1.29 is 14.3 Å². The van der Waals surface area contributed by atoms with Crippen LogP contribution in [-0.4, -0.2) is 29.1 Å². The number of carbonyl (C=O) groups is 2. The molecule has 7 rings (SSSR count). The second kappa shape index (κ2) is 11.1. The molecule has 2 aromatic rings. The lowest BCUT2D eigenvalue weighted by Gasteiger charge is -2.71. The Morgan fingerprint density at radius 3 is 2.48 bits per heavy atom. The fraction of sp³-hybridized carbons (Fsp3) is 0.690. The number of fused-ring (bicyclic) bond motifs is 8. The number of anilines is 1. The van der Waals surface area contributed by atoms with Gasteiger partial charge in [0.2, 0.25) is 0 Å². The van der Waals surface area contributed by atoms with Gasteiger partial charge in [-0.1, -0.05) is 91.6 Å². The van der Waals surface area contributed by atoms with Crippen LogP contribution in [-0.2, 0) is 21.4 Å². The van der Waals surface area contributed by atoms with Crippen LogP contribution in [0.4, 0.5) is 5.82 Å². The molecule has 0 aliphatic heterocycles. The van der Waals surface area contributed by atoms with Gasteiger partial charge in [-0.3, -0.25) is 14.7 Å². The number of hydrogen-bond donors (Lipinski definition) is 2. The summed E-state index contributed by atoms with van der Waals surface area (Å²) < 4.78 is 6.19. The highest BCUT2D eigenvalue weighted by molar-refractivity contribution is 5.88. The Balaban J connectivity index is 1.47. The molecule has 5 aliphatic carbocycles. The molecular weight excluding hydrogens is 594 g/mol. The van der Waals surface area contributed by atoms with Crippen molar-refractivity contribution in [2.75, 3.05) is 12.3 Å². The number of ether oxygens (including phenoxy) is 1. The normalized spacial score (nSPS) is 37.7. The molecule has 6 heteroatoms. The van der Waals surface area contributed by atoms with Gasteiger partial charge in [0.1, 0.15) is 5.82 Å². The predicted molar refractivity (Wildman–Crippen MR) is 192 cm³/mol. The fourth-order valence-corrected chi connectivity index (χ4v) is 12.8. The van der Waals surface area contributed by atoms with E-state index in [1.165, 1.54) is 22.4 Å². The number of aromatic amines is 1. The highest BCUT2D eigenvalue weighted by Gasteiger charge is 2.70. The number of rotatable bonds is 6. The Morgan fingerprint density at radius 1 is 1.02 bits per heavy atom. The van der Waals surface area contributed by atoms with Crippen LogP contribution in [0.15, 0.2) is 29.8 Å². The van der Waals surface area contributed by atoms with Crippen molar-refractivity contribution in [1.82, 2.24) is 10.2 Å². The van der Waals surface area contributed by atoms with Crippen LogP contribution >= 0.6 is 0 Å². The maximum Gasteiger partial charge on any atom is 0.312 e. The Labute approximate surface area is 288 Å². The molecule has 0 bridgehead atoms. The molecule has 5 aliphatic rings. The molecule has 1 heterocycles. The van der Waals surface area contributed by atoms with Gasteiger partial charge < -0.3 is 10.5 Å². The first-order valence-corrected chi connectivity index (χ1v) is 18.9. The number of hydrogen-bond acceptors (Lipinski definition) is 5. The van der Waals surface area contributed by atoms with Gasteiger partial charge in [0.25, 0.3) is 0 Å². The van der Waals surface area contributed by atoms with Crippen LogP contribution in [0.2, 0.25) is 0 Å². The van der Waals surface area contributed by atoms with Crippen molar-refractivity contribution in [3.05, 3.63) is 52.2 Å². The second-order valence-electron chi connectivity index (χ2n) is 18.6. The number of nitrogens with two attached hydrogens (primary N) is 1. The minimum absolute atomic E-state index is 0.0130. The van der Waals surface area contributed by atoms with Crippen molar-refractivity contribution in [2.24, 2.45) is 44.8 Å². The van der Waals surface area contributed by atoms with Crippen LogP contribution in [0, 0.1) is 44.8 Å². The van der Waals surface area contributed by atoms with Crippen molar-refractivity contribution in [1.29, 1.82) is 0 Å². The highest BCUT2D eigenvalue weighted by atomic mass is 16.5. The summed E-state index contributed by atoms with van der Waals surface area (Å²) in [5.41, 5.74) is 13.0. The monoisotopic (exact) mass is 653 g/mol. The number of H-pyrrole nitrogens is 1. The molecule has 1 aromatic carbocycles. The third-order valence-electron chi connectivity index (χ3n) is 15.5. The Morgan fingerprint density at radius 2 is 1.75 bits per heavy atom. The molecule has 260 valence electrons. The number of nitrogens with zero attached hydrogens (tertiary/aromatic N) is 1. The van der Waals surface area contributed by atoms with E-state index in [0.717, 1.165) is 88.0 Å². The molecule has 1 unspecified atom stereocenters.